The summed E-state index contributed by atoms with van der Waals surface area (Å²) in [6, 6.07) is 23.1. The summed E-state index contributed by atoms with van der Waals surface area (Å²) in [6.07, 6.45) is 0.909. The smallest absolute Gasteiger partial charge is 0.255 e. The average molecular weight is 418 g/mol. The highest BCUT2D eigenvalue weighted by Crippen LogP contribution is 2.26. The molecule has 0 aliphatic carbocycles. The second-order valence-corrected chi connectivity index (χ2v) is 8.56. The van der Waals surface area contributed by atoms with Gasteiger partial charge in [0.25, 0.3) is 5.91 Å². The number of anilines is 1. The number of carbonyl (C=O) groups is 1. The minimum Gasteiger partial charge on any atom is -0.491 e. The van der Waals surface area contributed by atoms with E-state index in [-0.39, 0.29) is 11.3 Å². The summed E-state index contributed by atoms with van der Waals surface area (Å²) in [7, 11) is 0. The Morgan fingerprint density at radius 3 is 2.19 bits per heavy atom. The van der Waals surface area contributed by atoms with E-state index in [1.54, 1.807) is 0 Å². The van der Waals surface area contributed by atoms with E-state index in [1.165, 1.54) is 5.56 Å². The van der Waals surface area contributed by atoms with Gasteiger partial charge in [0, 0.05) is 5.56 Å². The zero-order chi connectivity index (χ0) is 22.3. The van der Waals surface area contributed by atoms with Crippen LogP contribution in [0.2, 0.25) is 0 Å². The van der Waals surface area contributed by atoms with Gasteiger partial charge in [-0.2, -0.15) is 0 Å². The van der Waals surface area contributed by atoms with Crippen LogP contribution in [-0.2, 0) is 12.0 Å². The van der Waals surface area contributed by atoms with E-state index in [0.717, 1.165) is 17.7 Å². The molecule has 1 N–H and O–H groups in total. The number of para-hydroxylation sites is 2. The normalized spacial score (nSPS) is 11.1. The van der Waals surface area contributed by atoms with Gasteiger partial charge >= 0.3 is 0 Å². The van der Waals surface area contributed by atoms with Crippen molar-refractivity contribution in [2.75, 3.05) is 11.9 Å². The summed E-state index contributed by atoms with van der Waals surface area (Å²) < 4.78 is 11.6. The molecule has 3 aromatic carbocycles. The molecule has 0 spiro atoms. The van der Waals surface area contributed by atoms with Crippen LogP contribution < -0.4 is 14.8 Å². The van der Waals surface area contributed by atoms with Gasteiger partial charge in [-0.3, -0.25) is 4.79 Å². The second-order valence-electron chi connectivity index (χ2n) is 8.56. The second kappa shape index (κ2) is 10.2. The monoisotopic (exact) mass is 417 g/mol. The lowest BCUT2D eigenvalue weighted by Gasteiger charge is -2.19. The van der Waals surface area contributed by atoms with Gasteiger partial charge in [-0.15, -0.1) is 0 Å². The van der Waals surface area contributed by atoms with Crippen LogP contribution in [0.5, 0.6) is 11.5 Å². The van der Waals surface area contributed by atoms with E-state index < -0.39 is 0 Å². The Hall–Kier alpha value is -3.27. The van der Waals surface area contributed by atoms with Crippen molar-refractivity contribution in [3.63, 3.8) is 0 Å². The van der Waals surface area contributed by atoms with E-state index in [1.807, 2.05) is 67.6 Å². The van der Waals surface area contributed by atoms with Crippen molar-refractivity contribution < 1.29 is 14.3 Å². The number of amides is 1. The van der Waals surface area contributed by atoms with E-state index >= 15 is 0 Å². The molecule has 162 valence electrons. The summed E-state index contributed by atoms with van der Waals surface area (Å²) in [5, 5.41) is 2.94. The molecule has 0 bridgehead atoms. The fourth-order valence-corrected chi connectivity index (χ4v) is 3.07. The third-order valence-electron chi connectivity index (χ3n) is 4.94. The summed E-state index contributed by atoms with van der Waals surface area (Å²) in [5.74, 6) is 1.34. The van der Waals surface area contributed by atoms with Gasteiger partial charge in [-0.25, -0.2) is 0 Å². The number of rotatable bonds is 8. The summed E-state index contributed by atoms with van der Waals surface area (Å²) in [5.41, 5.74) is 3.66. The molecule has 0 aliphatic heterocycles. The third-order valence-corrected chi connectivity index (χ3v) is 4.94. The number of hydrogen-bond donors (Lipinski definition) is 1. The predicted molar refractivity (Wildman–Crippen MR) is 126 cm³/mol. The van der Waals surface area contributed by atoms with Crippen LogP contribution in [0, 0.1) is 0 Å². The van der Waals surface area contributed by atoms with Crippen molar-refractivity contribution in [2.45, 2.75) is 46.1 Å². The van der Waals surface area contributed by atoms with Crippen LogP contribution in [0.1, 0.15) is 55.6 Å². The van der Waals surface area contributed by atoms with E-state index in [0.29, 0.717) is 30.2 Å². The maximum atomic E-state index is 12.6. The molecule has 4 nitrogen and oxygen atoms in total. The molecule has 3 aromatic rings. The first-order valence-electron chi connectivity index (χ1n) is 10.7. The van der Waals surface area contributed by atoms with Crippen molar-refractivity contribution in [1.29, 1.82) is 0 Å². The standard InChI is InChI=1S/C27H31NO3/c1-5-18-30-25-9-7-6-8-24(25)28-26(29)21-12-10-20(11-13-21)19-31-23-16-14-22(15-17-23)27(2,3)4/h6-17H,5,18-19H2,1-4H3,(H,28,29). The predicted octanol–water partition coefficient (Wildman–Crippen LogP) is 6.60. The Labute approximate surface area is 185 Å². The summed E-state index contributed by atoms with van der Waals surface area (Å²) in [6.45, 7) is 9.69. The maximum Gasteiger partial charge on any atom is 0.255 e. The van der Waals surface area contributed by atoms with Gasteiger partial charge in [0.1, 0.15) is 18.1 Å². The van der Waals surface area contributed by atoms with Crippen LogP contribution in [0.25, 0.3) is 0 Å². The molecule has 0 radical (unpaired) electrons. The Morgan fingerprint density at radius 2 is 1.55 bits per heavy atom. The molecule has 1 amide bonds. The molecule has 0 atom stereocenters. The quantitative estimate of drug-likeness (QED) is 0.449. The molecule has 0 saturated heterocycles. The Morgan fingerprint density at radius 1 is 0.871 bits per heavy atom. The maximum absolute atomic E-state index is 12.6. The molecule has 0 unspecified atom stereocenters. The van der Waals surface area contributed by atoms with Crippen LogP contribution >= 0.6 is 0 Å². The molecule has 0 heterocycles. The Balaban J connectivity index is 1.58. The highest BCUT2D eigenvalue weighted by molar-refractivity contribution is 6.05. The summed E-state index contributed by atoms with van der Waals surface area (Å²) >= 11 is 0. The molecular weight excluding hydrogens is 386 g/mol. The fourth-order valence-electron chi connectivity index (χ4n) is 3.07. The van der Waals surface area contributed by atoms with Gasteiger partial charge in [-0.05, 0) is 59.4 Å². The largest absolute Gasteiger partial charge is 0.491 e. The van der Waals surface area contributed by atoms with Crippen molar-refractivity contribution in [1.82, 2.24) is 0 Å². The minimum absolute atomic E-state index is 0.123. The van der Waals surface area contributed by atoms with Crippen LogP contribution in [-0.4, -0.2) is 12.5 Å². The van der Waals surface area contributed by atoms with E-state index in [4.69, 9.17) is 9.47 Å². The Kier molecular flexibility index (Phi) is 7.35. The third kappa shape index (κ3) is 6.35. The van der Waals surface area contributed by atoms with Gasteiger partial charge < -0.3 is 14.8 Å². The fraction of sp³-hybridized carbons (Fsp3) is 0.296. The molecule has 0 aliphatic rings. The van der Waals surface area contributed by atoms with Crippen LogP contribution in [0.3, 0.4) is 0 Å². The zero-order valence-electron chi connectivity index (χ0n) is 18.8. The molecule has 0 fully saturated rings. The lowest BCUT2D eigenvalue weighted by molar-refractivity contribution is 0.102. The summed E-state index contributed by atoms with van der Waals surface area (Å²) in [4.78, 5) is 12.6. The SMILES string of the molecule is CCCOc1ccccc1NC(=O)c1ccc(COc2ccc(C(C)(C)C)cc2)cc1. The van der Waals surface area contributed by atoms with Crippen molar-refractivity contribution in [3.05, 3.63) is 89.5 Å². The molecular formula is C27H31NO3. The number of ether oxygens (including phenoxy) is 2. The molecule has 3 rings (SSSR count). The first-order chi connectivity index (χ1) is 14.9. The first-order valence-corrected chi connectivity index (χ1v) is 10.7. The van der Waals surface area contributed by atoms with Gasteiger partial charge in [0.2, 0.25) is 0 Å². The highest BCUT2D eigenvalue weighted by atomic mass is 16.5. The van der Waals surface area contributed by atoms with E-state index in [2.05, 4.69) is 38.2 Å². The van der Waals surface area contributed by atoms with Gasteiger partial charge in [0.15, 0.2) is 0 Å². The highest BCUT2D eigenvalue weighted by Gasteiger charge is 2.13. The number of benzene rings is 3. The minimum atomic E-state index is -0.169. The molecule has 0 aromatic heterocycles. The Bertz CT molecular complexity index is 986. The van der Waals surface area contributed by atoms with Gasteiger partial charge in [-0.1, -0.05) is 64.1 Å². The van der Waals surface area contributed by atoms with Crippen LogP contribution in [0.15, 0.2) is 72.8 Å². The lowest BCUT2D eigenvalue weighted by atomic mass is 9.87. The number of hydrogen-bond acceptors (Lipinski definition) is 3. The zero-order valence-corrected chi connectivity index (χ0v) is 18.8. The van der Waals surface area contributed by atoms with E-state index in [9.17, 15) is 4.79 Å². The average Bonchev–Trinajstić information content (AvgIpc) is 2.77. The number of nitrogens with one attached hydrogen (secondary N) is 1. The lowest BCUT2D eigenvalue weighted by Crippen LogP contribution is -2.13. The van der Waals surface area contributed by atoms with Crippen molar-refractivity contribution in [2.24, 2.45) is 0 Å². The number of carbonyl (C=O) groups excluding carboxylic acids is 1. The van der Waals surface area contributed by atoms with Crippen molar-refractivity contribution in [3.8, 4) is 11.5 Å². The topological polar surface area (TPSA) is 47.6 Å². The van der Waals surface area contributed by atoms with Crippen molar-refractivity contribution >= 4 is 11.6 Å². The molecule has 4 heteroatoms. The van der Waals surface area contributed by atoms with Crippen LogP contribution in [0.4, 0.5) is 5.69 Å². The molecule has 0 saturated carbocycles. The van der Waals surface area contributed by atoms with Gasteiger partial charge in [0.05, 0.1) is 12.3 Å². The molecule has 31 heavy (non-hydrogen) atoms. The first kappa shape index (κ1) is 22.4.